The van der Waals surface area contributed by atoms with Crippen molar-refractivity contribution in [3.63, 3.8) is 0 Å². The molecule has 0 aliphatic rings. The molecule has 0 heterocycles. The van der Waals surface area contributed by atoms with E-state index in [1.165, 1.54) is 0 Å². The van der Waals surface area contributed by atoms with E-state index in [2.05, 4.69) is 20.2 Å². The Bertz CT molecular complexity index is 285. The third kappa shape index (κ3) is 7.97. The number of methoxy groups -OCH3 is 1. The van der Waals surface area contributed by atoms with Crippen LogP contribution in [0, 0.1) is 5.41 Å². The Kier molecular flexibility index (Phi) is 11.1. The standard InChI is InChI=1S/C10H13NO2.2ClH.Cu/c1-12-7-8-13-10(11)9-5-3-2-4-6-9;;;/h2-6,11H,7-8H2,1H3;2*1H;/q;;;+2/p-2. The minimum absolute atomic E-state index is 0.192. The molecule has 0 bridgehead atoms. The van der Waals surface area contributed by atoms with E-state index in [-0.39, 0.29) is 5.90 Å². The van der Waals surface area contributed by atoms with Crippen LogP contribution in [0.15, 0.2) is 30.3 Å². The van der Waals surface area contributed by atoms with Crippen LogP contribution in [0.1, 0.15) is 5.56 Å². The molecule has 1 N–H and O–H groups in total. The quantitative estimate of drug-likeness (QED) is 0.402. The number of halogens is 2. The summed E-state index contributed by atoms with van der Waals surface area (Å²) in [6.07, 6.45) is 0. The van der Waals surface area contributed by atoms with E-state index in [4.69, 9.17) is 14.9 Å². The molecule has 0 amide bonds. The molecule has 0 saturated carbocycles. The fourth-order valence-electron chi connectivity index (χ4n) is 0.900. The second-order valence-corrected chi connectivity index (χ2v) is 4.13. The summed E-state index contributed by atoms with van der Waals surface area (Å²) in [5, 5.41) is 7.53. The summed E-state index contributed by atoms with van der Waals surface area (Å²) >= 11 is 0.757. The zero-order valence-corrected chi connectivity index (χ0v) is 11.1. The Morgan fingerprint density at radius 3 is 2.31 bits per heavy atom. The molecular formula is C10H13Cl2CuNO2. The maximum atomic E-state index is 7.53. The Morgan fingerprint density at radius 2 is 1.81 bits per heavy atom. The molecule has 0 radical (unpaired) electrons. The van der Waals surface area contributed by atoms with Crippen molar-refractivity contribution >= 4 is 26.1 Å². The second-order valence-electron chi connectivity index (χ2n) is 2.58. The maximum absolute atomic E-state index is 7.53. The molecule has 0 saturated heterocycles. The van der Waals surface area contributed by atoms with E-state index >= 15 is 0 Å². The molecule has 1 aromatic rings. The summed E-state index contributed by atoms with van der Waals surface area (Å²) in [6.45, 7) is 0.930. The predicted molar refractivity (Wildman–Crippen MR) is 62.8 cm³/mol. The van der Waals surface area contributed by atoms with Gasteiger partial charge in [0.15, 0.2) is 0 Å². The molecule has 95 valence electrons. The molecule has 16 heavy (non-hydrogen) atoms. The van der Waals surface area contributed by atoms with Crippen LogP contribution in [0.3, 0.4) is 0 Å². The van der Waals surface area contributed by atoms with E-state index in [1.54, 1.807) is 7.11 Å². The van der Waals surface area contributed by atoms with Crippen LogP contribution in [-0.2, 0) is 22.6 Å². The van der Waals surface area contributed by atoms with Crippen molar-refractivity contribution in [2.45, 2.75) is 0 Å². The molecule has 6 heteroatoms. The molecule has 0 aliphatic heterocycles. The average Bonchev–Trinajstić information content (AvgIpc) is 2.31. The Morgan fingerprint density at radius 1 is 1.25 bits per heavy atom. The summed E-state index contributed by atoms with van der Waals surface area (Å²) in [6, 6.07) is 9.35. The van der Waals surface area contributed by atoms with Gasteiger partial charge in [0.05, 0.1) is 6.61 Å². The van der Waals surface area contributed by atoms with Crippen molar-refractivity contribution in [3.05, 3.63) is 35.9 Å². The number of hydrogen-bond donors (Lipinski definition) is 1. The van der Waals surface area contributed by atoms with Crippen molar-refractivity contribution in [3.8, 4) is 0 Å². The zero-order valence-electron chi connectivity index (χ0n) is 8.67. The van der Waals surface area contributed by atoms with Crippen LogP contribution in [0.2, 0.25) is 0 Å². The summed E-state index contributed by atoms with van der Waals surface area (Å²) in [5.41, 5.74) is 0.790. The van der Waals surface area contributed by atoms with Gasteiger partial charge in [-0.25, -0.2) is 0 Å². The fraction of sp³-hybridized carbons (Fsp3) is 0.300. The van der Waals surface area contributed by atoms with Crippen molar-refractivity contribution in [1.82, 2.24) is 0 Å². The molecule has 0 atom stereocenters. The van der Waals surface area contributed by atoms with Gasteiger partial charge in [0.1, 0.15) is 6.61 Å². The first-order valence-electron chi connectivity index (χ1n) is 4.33. The van der Waals surface area contributed by atoms with Gasteiger partial charge in [-0.2, -0.15) is 0 Å². The Labute approximate surface area is 110 Å². The van der Waals surface area contributed by atoms with Crippen molar-refractivity contribution in [1.29, 1.82) is 5.41 Å². The summed E-state index contributed by atoms with van der Waals surface area (Å²) in [7, 11) is 10.9. The first kappa shape index (κ1) is 15.7. The summed E-state index contributed by atoms with van der Waals surface area (Å²) < 4.78 is 9.93. The minimum atomic E-state index is 0.192. The number of nitrogens with one attached hydrogen (secondary N) is 1. The van der Waals surface area contributed by atoms with Gasteiger partial charge in [-0.05, 0) is 12.1 Å². The molecule has 0 fully saturated rings. The van der Waals surface area contributed by atoms with Crippen LogP contribution in [-0.4, -0.2) is 26.2 Å². The molecule has 0 unspecified atom stereocenters. The number of benzene rings is 1. The van der Waals surface area contributed by atoms with Gasteiger partial charge in [-0.3, -0.25) is 5.41 Å². The predicted octanol–water partition coefficient (Wildman–Crippen LogP) is 3.05. The molecule has 0 aromatic heterocycles. The number of rotatable bonds is 4. The molecule has 1 aromatic carbocycles. The Balaban J connectivity index is 0.000000673. The number of hydrogen-bond acceptors (Lipinski definition) is 3. The molecule has 0 spiro atoms. The second kappa shape index (κ2) is 11.2. The van der Waals surface area contributed by atoms with Gasteiger partial charge in [0.25, 0.3) is 0 Å². The Hall–Kier alpha value is -0.251. The first-order chi connectivity index (χ1) is 7.76. The fourth-order valence-corrected chi connectivity index (χ4v) is 0.900. The van der Waals surface area contributed by atoms with Crippen molar-refractivity contribution in [2.24, 2.45) is 0 Å². The zero-order chi connectivity index (χ0) is 12.2. The monoisotopic (exact) mass is 312 g/mol. The third-order valence-corrected chi connectivity index (χ3v) is 1.57. The molecular weight excluding hydrogens is 301 g/mol. The normalized spacial score (nSPS) is 9.19. The van der Waals surface area contributed by atoms with Crippen LogP contribution >= 0.6 is 20.2 Å². The number of ether oxygens (including phenoxy) is 2. The van der Waals surface area contributed by atoms with Gasteiger partial charge in [0, 0.05) is 12.7 Å². The van der Waals surface area contributed by atoms with Crippen molar-refractivity contribution < 1.29 is 22.6 Å². The van der Waals surface area contributed by atoms with Crippen LogP contribution in [0.4, 0.5) is 0 Å². The first-order valence-corrected chi connectivity index (χ1v) is 6.92. The van der Waals surface area contributed by atoms with Crippen molar-refractivity contribution in [2.75, 3.05) is 20.3 Å². The molecule has 3 nitrogen and oxygen atoms in total. The van der Waals surface area contributed by atoms with E-state index in [0.29, 0.717) is 13.2 Å². The molecule has 1 rings (SSSR count). The molecule has 0 aliphatic carbocycles. The van der Waals surface area contributed by atoms with E-state index in [1.807, 2.05) is 30.3 Å². The SMILES string of the molecule is COCCOC(=N)c1ccccc1.[Cl][Cu][Cl]. The van der Waals surface area contributed by atoms with Crippen LogP contribution < -0.4 is 0 Å². The summed E-state index contributed by atoms with van der Waals surface area (Å²) in [5.74, 6) is 0.192. The van der Waals surface area contributed by atoms with E-state index in [9.17, 15) is 0 Å². The van der Waals surface area contributed by atoms with Crippen LogP contribution in [0.25, 0.3) is 0 Å². The van der Waals surface area contributed by atoms with Crippen LogP contribution in [0.5, 0.6) is 0 Å². The van der Waals surface area contributed by atoms with Gasteiger partial charge in [-0.15, -0.1) is 0 Å². The van der Waals surface area contributed by atoms with Gasteiger partial charge in [-0.1, -0.05) is 18.2 Å². The topological polar surface area (TPSA) is 42.3 Å². The summed E-state index contributed by atoms with van der Waals surface area (Å²) in [4.78, 5) is 0. The average molecular weight is 314 g/mol. The van der Waals surface area contributed by atoms with E-state index in [0.717, 1.165) is 18.7 Å². The third-order valence-electron chi connectivity index (χ3n) is 1.57. The van der Waals surface area contributed by atoms with Gasteiger partial charge >= 0.3 is 33.3 Å². The van der Waals surface area contributed by atoms with Gasteiger partial charge in [0.2, 0.25) is 5.90 Å². The van der Waals surface area contributed by atoms with Gasteiger partial charge < -0.3 is 9.47 Å². The van der Waals surface area contributed by atoms with E-state index < -0.39 is 0 Å².